The van der Waals surface area contributed by atoms with Crippen LogP contribution in [0.3, 0.4) is 0 Å². The van der Waals surface area contributed by atoms with E-state index in [0.29, 0.717) is 5.69 Å². The van der Waals surface area contributed by atoms with E-state index in [9.17, 15) is 9.59 Å². The van der Waals surface area contributed by atoms with Crippen molar-refractivity contribution < 1.29 is 9.59 Å². The second-order valence-electron chi connectivity index (χ2n) is 4.11. The summed E-state index contributed by atoms with van der Waals surface area (Å²) < 4.78 is 0. The molecule has 1 aromatic carbocycles. The van der Waals surface area contributed by atoms with E-state index < -0.39 is 11.8 Å². The Bertz CT molecular complexity index is 561. The van der Waals surface area contributed by atoms with Crippen molar-refractivity contribution in [3.63, 3.8) is 0 Å². The molecule has 0 aliphatic heterocycles. The molecule has 2 aromatic rings. The van der Waals surface area contributed by atoms with Crippen molar-refractivity contribution in [3.05, 3.63) is 47.8 Å². The average Bonchev–Trinajstić information content (AvgIpc) is 2.91. The number of aromatic amines is 1. The van der Waals surface area contributed by atoms with Gasteiger partial charge in [0.25, 0.3) is 0 Å². The number of carbonyl (C=O) groups is 2. The predicted octanol–water partition coefficient (Wildman–Crippen LogP) is 0.973. The molecule has 0 fully saturated rings. The summed E-state index contributed by atoms with van der Waals surface area (Å²) in [5, 5.41) is 11.4. The zero-order chi connectivity index (χ0) is 13.7. The fourth-order valence-electron chi connectivity index (χ4n) is 1.46. The van der Waals surface area contributed by atoms with Gasteiger partial charge in [0.15, 0.2) is 0 Å². The summed E-state index contributed by atoms with van der Waals surface area (Å²) in [6.45, 7) is 2.21. The van der Waals surface area contributed by atoms with Gasteiger partial charge in [-0.1, -0.05) is 17.7 Å². The van der Waals surface area contributed by atoms with Crippen LogP contribution in [0.5, 0.6) is 0 Å². The smallest absolute Gasteiger partial charge is 0.313 e. The van der Waals surface area contributed by atoms with Crippen LogP contribution in [0.2, 0.25) is 0 Å². The molecule has 1 aromatic heterocycles. The van der Waals surface area contributed by atoms with Gasteiger partial charge in [-0.2, -0.15) is 5.10 Å². The molecule has 0 atom stereocenters. The molecule has 0 aliphatic rings. The highest BCUT2D eigenvalue weighted by atomic mass is 16.2. The van der Waals surface area contributed by atoms with Gasteiger partial charge >= 0.3 is 11.8 Å². The van der Waals surface area contributed by atoms with E-state index in [1.54, 1.807) is 24.5 Å². The fourth-order valence-corrected chi connectivity index (χ4v) is 1.46. The summed E-state index contributed by atoms with van der Waals surface area (Å²) in [5.41, 5.74) is 2.48. The van der Waals surface area contributed by atoms with Crippen molar-refractivity contribution >= 4 is 17.5 Å². The van der Waals surface area contributed by atoms with E-state index in [1.165, 1.54) is 0 Å². The third kappa shape index (κ3) is 3.67. The number of hydrogen-bond acceptors (Lipinski definition) is 3. The molecule has 6 heteroatoms. The summed E-state index contributed by atoms with van der Waals surface area (Å²) in [7, 11) is 0. The number of amides is 2. The summed E-state index contributed by atoms with van der Waals surface area (Å²) in [5.74, 6) is -1.37. The molecule has 0 saturated heterocycles. The third-order valence-corrected chi connectivity index (χ3v) is 2.52. The minimum absolute atomic E-state index is 0.261. The highest BCUT2D eigenvalue weighted by molar-refractivity contribution is 6.39. The van der Waals surface area contributed by atoms with Crippen molar-refractivity contribution in [1.29, 1.82) is 0 Å². The molecule has 2 rings (SSSR count). The lowest BCUT2D eigenvalue weighted by molar-refractivity contribution is -0.136. The van der Waals surface area contributed by atoms with Gasteiger partial charge in [-0.05, 0) is 19.1 Å². The first-order chi connectivity index (χ1) is 9.15. The second-order valence-corrected chi connectivity index (χ2v) is 4.11. The molecular weight excluding hydrogens is 244 g/mol. The van der Waals surface area contributed by atoms with E-state index >= 15 is 0 Å². The Labute approximate surface area is 110 Å². The lowest BCUT2D eigenvalue weighted by Gasteiger charge is -2.05. The van der Waals surface area contributed by atoms with E-state index in [2.05, 4.69) is 20.8 Å². The highest BCUT2D eigenvalue weighted by Crippen LogP contribution is 2.08. The maximum atomic E-state index is 11.6. The standard InChI is InChI=1S/C13H14N4O2/c1-9-2-4-11(5-3-9)17-13(19)12(18)14-6-10-7-15-16-8-10/h2-5,7-8H,6H2,1H3,(H,14,18)(H,15,16)(H,17,19). The Kier molecular flexibility index (Phi) is 3.92. The number of benzene rings is 1. The number of aryl methyl sites for hydroxylation is 1. The largest absolute Gasteiger partial charge is 0.344 e. The number of carbonyl (C=O) groups excluding carboxylic acids is 2. The molecule has 0 saturated carbocycles. The van der Waals surface area contributed by atoms with Crippen molar-refractivity contribution in [3.8, 4) is 0 Å². The monoisotopic (exact) mass is 258 g/mol. The molecule has 0 radical (unpaired) electrons. The summed E-state index contributed by atoms with van der Waals surface area (Å²) in [6, 6.07) is 7.21. The zero-order valence-electron chi connectivity index (χ0n) is 10.4. The topological polar surface area (TPSA) is 86.9 Å². The van der Waals surface area contributed by atoms with Crippen LogP contribution < -0.4 is 10.6 Å². The molecule has 1 heterocycles. The van der Waals surface area contributed by atoms with Crippen molar-refractivity contribution in [1.82, 2.24) is 15.5 Å². The van der Waals surface area contributed by atoms with Gasteiger partial charge in [-0.25, -0.2) is 0 Å². The van der Waals surface area contributed by atoms with Crippen molar-refractivity contribution in [2.75, 3.05) is 5.32 Å². The number of rotatable bonds is 3. The lowest BCUT2D eigenvalue weighted by Crippen LogP contribution is -2.34. The van der Waals surface area contributed by atoms with Gasteiger partial charge < -0.3 is 10.6 Å². The SMILES string of the molecule is Cc1ccc(NC(=O)C(=O)NCc2cn[nH]c2)cc1. The van der Waals surface area contributed by atoms with E-state index in [-0.39, 0.29) is 6.54 Å². The van der Waals surface area contributed by atoms with Crippen LogP contribution in [0, 0.1) is 6.92 Å². The third-order valence-electron chi connectivity index (χ3n) is 2.52. The average molecular weight is 258 g/mol. The summed E-state index contributed by atoms with van der Waals surface area (Å²) in [6.07, 6.45) is 3.23. The number of hydrogen-bond donors (Lipinski definition) is 3. The number of anilines is 1. The fraction of sp³-hybridized carbons (Fsp3) is 0.154. The van der Waals surface area contributed by atoms with E-state index in [1.807, 2.05) is 19.1 Å². The van der Waals surface area contributed by atoms with Gasteiger partial charge in [0.1, 0.15) is 0 Å². The van der Waals surface area contributed by atoms with Crippen molar-refractivity contribution in [2.24, 2.45) is 0 Å². The first-order valence-electron chi connectivity index (χ1n) is 5.78. The molecule has 3 N–H and O–H groups in total. The van der Waals surface area contributed by atoms with Gasteiger partial charge in [0.05, 0.1) is 6.20 Å². The van der Waals surface area contributed by atoms with Gasteiger partial charge in [-0.3, -0.25) is 14.7 Å². The van der Waals surface area contributed by atoms with Crippen LogP contribution in [-0.2, 0) is 16.1 Å². The first-order valence-corrected chi connectivity index (χ1v) is 5.78. The van der Waals surface area contributed by atoms with Crippen LogP contribution in [0.15, 0.2) is 36.7 Å². The number of nitrogens with one attached hydrogen (secondary N) is 3. The maximum absolute atomic E-state index is 11.6. The molecule has 0 spiro atoms. The Hall–Kier alpha value is -2.63. The minimum atomic E-state index is -0.688. The van der Waals surface area contributed by atoms with Crippen LogP contribution in [0.4, 0.5) is 5.69 Å². The summed E-state index contributed by atoms with van der Waals surface area (Å²) >= 11 is 0. The normalized spacial score (nSPS) is 9.95. The van der Waals surface area contributed by atoms with E-state index in [4.69, 9.17) is 0 Å². The van der Waals surface area contributed by atoms with Gasteiger partial charge in [0.2, 0.25) is 0 Å². The number of nitrogens with zero attached hydrogens (tertiary/aromatic N) is 1. The zero-order valence-corrected chi connectivity index (χ0v) is 10.4. The highest BCUT2D eigenvalue weighted by Gasteiger charge is 2.13. The Morgan fingerprint density at radius 2 is 1.95 bits per heavy atom. The van der Waals surface area contributed by atoms with Crippen LogP contribution in [0.25, 0.3) is 0 Å². The van der Waals surface area contributed by atoms with Gasteiger partial charge in [0, 0.05) is 24.0 Å². The Morgan fingerprint density at radius 1 is 1.21 bits per heavy atom. The molecule has 0 unspecified atom stereocenters. The van der Waals surface area contributed by atoms with Crippen LogP contribution in [0.1, 0.15) is 11.1 Å². The van der Waals surface area contributed by atoms with Gasteiger partial charge in [-0.15, -0.1) is 0 Å². The molecule has 6 nitrogen and oxygen atoms in total. The van der Waals surface area contributed by atoms with Crippen molar-refractivity contribution in [2.45, 2.75) is 13.5 Å². The predicted molar refractivity (Wildman–Crippen MR) is 70.2 cm³/mol. The molecule has 98 valence electrons. The quantitative estimate of drug-likeness (QED) is 0.717. The summed E-state index contributed by atoms with van der Waals surface area (Å²) in [4.78, 5) is 23.2. The second kappa shape index (κ2) is 5.81. The number of aromatic nitrogens is 2. The number of H-pyrrole nitrogens is 1. The molecule has 2 amide bonds. The van der Waals surface area contributed by atoms with Crippen LogP contribution >= 0.6 is 0 Å². The molecular formula is C13H14N4O2. The Balaban J connectivity index is 1.85. The van der Waals surface area contributed by atoms with Crippen LogP contribution in [-0.4, -0.2) is 22.0 Å². The Morgan fingerprint density at radius 3 is 2.58 bits per heavy atom. The molecule has 0 aliphatic carbocycles. The lowest BCUT2D eigenvalue weighted by atomic mass is 10.2. The molecule has 19 heavy (non-hydrogen) atoms. The van der Waals surface area contributed by atoms with E-state index in [0.717, 1.165) is 11.1 Å². The minimum Gasteiger partial charge on any atom is -0.344 e. The maximum Gasteiger partial charge on any atom is 0.313 e. The first kappa shape index (κ1) is 12.8. The molecule has 0 bridgehead atoms.